The maximum atomic E-state index is 12.2. The Morgan fingerprint density at radius 2 is 2.08 bits per heavy atom. The number of amides is 2. The number of imidazole rings is 1. The van der Waals surface area contributed by atoms with Crippen molar-refractivity contribution < 1.29 is 19.1 Å². The standard InChI is InChI=1S/C17H18N4O4S/c1-24-10-16(23)20-13-4-3-11(7-14(13)25-2)18-15(22)8-12-9-21-5-6-26-17(21)19-12/h3-7,9H,8,10H2,1-2H3,(H,18,22)(H,20,23). The lowest BCUT2D eigenvalue weighted by Gasteiger charge is -2.12. The van der Waals surface area contributed by atoms with E-state index in [-0.39, 0.29) is 24.8 Å². The number of ether oxygens (including phenoxy) is 2. The summed E-state index contributed by atoms with van der Waals surface area (Å²) in [7, 11) is 2.93. The fourth-order valence-corrected chi connectivity index (χ4v) is 3.14. The van der Waals surface area contributed by atoms with Crippen LogP contribution < -0.4 is 15.4 Å². The molecular weight excluding hydrogens is 356 g/mol. The molecule has 2 aromatic heterocycles. The first kappa shape index (κ1) is 17.9. The predicted octanol–water partition coefficient (Wildman–Crippen LogP) is 2.17. The van der Waals surface area contributed by atoms with E-state index >= 15 is 0 Å². The van der Waals surface area contributed by atoms with Gasteiger partial charge in [0.2, 0.25) is 11.8 Å². The fraction of sp³-hybridized carbons (Fsp3) is 0.235. The van der Waals surface area contributed by atoms with Crippen molar-refractivity contribution in [1.82, 2.24) is 9.38 Å². The molecule has 0 spiro atoms. The number of benzene rings is 1. The minimum absolute atomic E-state index is 0.0518. The van der Waals surface area contributed by atoms with Gasteiger partial charge in [0.25, 0.3) is 0 Å². The molecule has 2 amide bonds. The molecule has 0 aliphatic carbocycles. The zero-order valence-corrected chi connectivity index (χ0v) is 15.1. The number of methoxy groups -OCH3 is 2. The van der Waals surface area contributed by atoms with Gasteiger partial charge in [-0.05, 0) is 12.1 Å². The van der Waals surface area contributed by atoms with E-state index in [0.29, 0.717) is 22.8 Å². The molecule has 26 heavy (non-hydrogen) atoms. The van der Waals surface area contributed by atoms with Crippen LogP contribution in [0.15, 0.2) is 36.0 Å². The van der Waals surface area contributed by atoms with E-state index in [0.717, 1.165) is 4.96 Å². The molecule has 0 aliphatic rings. The number of nitrogens with one attached hydrogen (secondary N) is 2. The summed E-state index contributed by atoms with van der Waals surface area (Å²) < 4.78 is 11.9. The van der Waals surface area contributed by atoms with Crippen molar-refractivity contribution in [3.63, 3.8) is 0 Å². The van der Waals surface area contributed by atoms with Crippen LogP contribution in [0.1, 0.15) is 5.69 Å². The number of fused-ring (bicyclic) bond motifs is 1. The highest BCUT2D eigenvalue weighted by Crippen LogP contribution is 2.28. The highest BCUT2D eigenvalue weighted by molar-refractivity contribution is 7.15. The Balaban J connectivity index is 1.65. The lowest BCUT2D eigenvalue weighted by Crippen LogP contribution is -2.18. The molecule has 8 nitrogen and oxygen atoms in total. The Morgan fingerprint density at radius 1 is 1.23 bits per heavy atom. The van der Waals surface area contributed by atoms with Crippen LogP contribution in [0, 0.1) is 0 Å². The van der Waals surface area contributed by atoms with Crippen LogP contribution in [0.5, 0.6) is 5.75 Å². The maximum Gasteiger partial charge on any atom is 0.250 e. The molecule has 0 atom stereocenters. The van der Waals surface area contributed by atoms with Gasteiger partial charge < -0.3 is 20.1 Å². The Morgan fingerprint density at radius 3 is 2.81 bits per heavy atom. The third-order valence-corrected chi connectivity index (χ3v) is 4.29. The van der Waals surface area contributed by atoms with Gasteiger partial charge in [-0.2, -0.15) is 0 Å². The summed E-state index contributed by atoms with van der Waals surface area (Å²) in [5, 5.41) is 7.42. The minimum atomic E-state index is -0.290. The van der Waals surface area contributed by atoms with Gasteiger partial charge in [-0.1, -0.05) is 0 Å². The Labute approximate surface area is 153 Å². The fourth-order valence-electron chi connectivity index (χ4n) is 2.42. The van der Waals surface area contributed by atoms with Crippen molar-refractivity contribution in [1.29, 1.82) is 0 Å². The van der Waals surface area contributed by atoms with Gasteiger partial charge in [0.05, 0.1) is 24.9 Å². The first-order valence-electron chi connectivity index (χ1n) is 7.77. The molecule has 2 heterocycles. The van der Waals surface area contributed by atoms with E-state index < -0.39 is 0 Å². The quantitative estimate of drug-likeness (QED) is 0.661. The average Bonchev–Trinajstić information content (AvgIpc) is 3.17. The molecule has 136 valence electrons. The summed E-state index contributed by atoms with van der Waals surface area (Å²) >= 11 is 1.51. The second kappa shape index (κ2) is 7.98. The summed E-state index contributed by atoms with van der Waals surface area (Å²) in [5.41, 5.74) is 1.77. The van der Waals surface area contributed by atoms with E-state index in [1.54, 1.807) is 18.2 Å². The van der Waals surface area contributed by atoms with Crippen LogP contribution in [-0.4, -0.2) is 42.0 Å². The molecule has 1 aromatic carbocycles. The SMILES string of the molecule is COCC(=O)Nc1ccc(NC(=O)Cc2cn3ccsc3n2)cc1OC. The van der Waals surface area contributed by atoms with Gasteiger partial charge in [-0.25, -0.2) is 4.98 Å². The first-order valence-corrected chi connectivity index (χ1v) is 8.64. The van der Waals surface area contributed by atoms with Crippen LogP contribution in [0.3, 0.4) is 0 Å². The minimum Gasteiger partial charge on any atom is -0.494 e. The lowest BCUT2D eigenvalue weighted by atomic mass is 10.2. The summed E-state index contributed by atoms with van der Waals surface area (Å²) in [4.78, 5) is 29.1. The third-order valence-electron chi connectivity index (χ3n) is 3.52. The molecule has 0 aliphatic heterocycles. The molecule has 2 N–H and O–H groups in total. The topological polar surface area (TPSA) is 94.0 Å². The van der Waals surface area contributed by atoms with Gasteiger partial charge in [0.15, 0.2) is 4.96 Å². The smallest absolute Gasteiger partial charge is 0.250 e. The number of hydrogen-bond donors (Lipinski definition) is 2. The van der Waals surface area contributed by atoms with E-state index in [2.05, 4.69) is 15.6 Å². The van der Waals surface area contributed by atoms with Crippen molar-refractivity contribution in [2.45, 2.75) is 6.42 Å². The van der Waals surface area contributed by atoms with Crippen LogP contribution >= 0.6 is 11.3 Å². The number of nitrogens with zero attached hydrogens (tertiary/aromatic N) is 2. The molecule has 0 unspecified atom stereocenters. The Hall–Kier alpha value is -2.91. The number of hydrogen-bond acceptors (Lipinski definition) is 6. The van der Waals surface area contributed by atoms with Crippen LogP contribution in [0.25, 0.3) is 4.96 Å². The van der Waals surface area contributed by atoms with E-state index in [4.69, 9.17) is 9.47 Å². The summed E-state index contributed by atoms with van der Waals surface area (Å²) in [6, 6.07) is 5.00. The number of carbonyl (C=O) groups excluding carboxylic acids is 2. The molecule has 0 radical (unpaired) electrons. The van der Waals surface area contributed by atoms with Gasteiger partial charge in [0.1, 0.15) is 12.4 Å². The third kappa shape index (κ3) is 4.19. The Kier molecular flexibility index (Phi) is 5.49. The highest BCUT2D eigenvalue weighted by atomic mass is 32.1. The van der Waals surface area contributed by atoms with Crippen molar-refractivity contribution in [2.75, 3.05) is 31.5 Å². The number of anilines is 2. The molecule has 0 bridgehead atoms. The van der Waals surface area contributed by atoms with Gasteiger partial charge in [0, 0.05) is 36.6 Å². The zero-order valence-electron chi connectivity index (χ0n) is 14.3. The van der Waals surface area contributed by atoms with Crippen LogP contribution in [0.4, 0.5) is 11.4 Å². The van der Waals surface area contributed by atoms with E-state index in [9.17, 15) is 9.59 Å². The number of rotatable bonds is 7. The van der Waals surface area contributed by atoms with Crippen molar-refractivity contribution in [3.05, 3.63) is 41.7 Å². The highest BCUT2D eigenvalue weighted by Gasteiger charge is 2.12. The van der Waals surface area contributed by atoms with Gasteiger partial charge in [-0.15, -0.1) is 11.3 Å². The number of carbonyl (C=O) groups is 2. The lowest BCUT2D eigenvalue weighted by molar-refractivity contribution is -0.119. The molecule has 0 saturated heterocycles. The van der Waals surface area contributed by atoms with Gasteiger partial charge >= 0.3 is 0 Å². The van der Waals surface area contributed by atoms with Crippen LogP contribution in [-0.2, 0) is 20.7 Å². The number of thiazole rings is 1. The van der Waals surface area contributed by atoms with Crippen molar-refractivity contribution in [2.24, 2.45) is 0 Å². The second-order valence-corrected chi connectivity index (χ2v) is 6.32. The van der Waals surface area contributed by atoms with Crippen LogP contribution in [0.2, 0.25) is 0 Å². The van der Waals surface area contributed by atoms with Gasteiger partial charge in [-0.3, -0.25) is 14.0 Å². The number of aromatic nitrogens is 2. The molecule has 9 heteroatoms. The average molecular weight is 374 g/mol. The predicted molar refractivity (Wildman–Crippen MR) is 98.9 cm³/mol. The van der Waals surface area contributed by atoms with Crippen molar-refractivity contribution in [3.8, 4) is 5.75 Å². The molecule has 0 fully saturated rings. The summed E-state index contributed by atoms with van der Waals surface area (Å²) in [6.45, 7) is -0.0518. The first-order chi connectivity index (χ1) is 12.6. The molecule has 3 rings (SSSR count). The molecular formula is C17H18N4O4S. The normalized spacial score (nSPS) is 10.7. The van der Waals surface area contributed by atoms with Crippen molar-refractivity contribution >= 4 is 39.5 Å². The monoisotopic (exact) mass is 374 g/mol. The molecule has 0 saturated carbocycles. The van der Waals surface area contributed by atoms with E-state index in [1.807, 2.05) is 22.2 Å². The summed E-state index contributed by atoms with van der Waals surface area (Å²) in [6.07, 6.45) is 3.90. The maximum absolute atomic E-state index is 12.2. The molecule has 3 aromatic rings. The summed E-state index contributed by atoms with van der Waals surface area (Å²) in [5.74, 6) is -0.0360. The van der Waals surface area contributed by atoms with E-state index in [1.165, 1.54) is 25.6 Å². The zero-order chi connectivity index (χ0) is 18.5. The largest absolute Gasteiger partial charge is 0.494 e. The second-order valence-electron chi connectivity index (χ2n) is 5.45. The Bertz CT molecular complexity index is 905.